The van der Waals surface area contributed by atoms with Gasteiger partial charge in [0.25, 0.3) is 0 Å². The molecule has 0 aromatic carbocycles. The first-order valence-electron chi connectivity index (χ1n) is 11.2. The Morgan fingerprint density at radius 3 is 2.57 bits per heavy atom. The summed E-state index contributed by atoms with van der Waals surface area (Å²) in [6, 6.07) is -1.10. The molecule has 2 aliphatic rings. The normalized spacial score (nSPS) is 21.0. The Bertz CT molecular complexity index is 606. The fraction of sp³-hybridized carbons (Fsp3) is 0.810. The van der Waals surface area contributed by atoms with Gasteiger partial charge in [0.15, 0.2) is 0 Å². The molecule has 2 fully saturated rings. The number of nitrogens with one attached hydrogen (secondary N) is 3. The monoisotopic (exact) mass is 424 g/mol. The van der Waals surface area contributed by atoms with Gasteiger partial charge in [-0.3, -0.25) is 19.2 Å². The number of likely N-dealkylation sites (tertiary alicyclic amines) is 1. The average Bonchev–Trinajstić information content (AvgIpc) is 2.75. The minimum atomic E-state index is -1.15. The average molecular weight is 425 g/mol. The summed E-state index contributed by atoms with van der Waals surface area (Å²) in [6.45, 7) is 5.30. The van der Waals surface area contributed by atoms with Crippen molar-refractivity contribution in [2.75, 3.05) is 32.7 Å². The first-order chi connectivity index (χ1) is 14.4. The summed E-state index contributed by atoms with van der Waals surface area (Å²) < 4.78 is 0. The number of carbonyl (C=O) groups excluding carboxylic acids is 3. The molecule has 0 bridgehead atoms. The fourth-order valence-electron chi connectivity index (χ4n) is 4.12. The number of hydrogen-bond donors (Lipinski definition) is 4. The quantitative estimate of drug-likeness (QED) is 0.404. The van der Waals surface area contributed by atoms with Crippen molar-refractivity contribution in [3.05, 3.63) is 0 Å². The van der Waals surface area contributed by atoms with E-state index in [9.17, 15) is 19.2 Å². The Labute approximate surface area is 178 Å². The van der Waals surface area contributed by atoms with Crippen LogP contribution in [0.1, 0.15) is 58.3 Å². The molecule has 0 aliphatic carbocycles. The molecule has 0 spiro atoms. The van der Waals surface area contributed by atoms with E-state index in [4.69, 9.17) is 5.11 Å². The second kappa shape index (κ2) is 12.5. The van der Waals surface area contributed by atoms with Gasteiger partial charge in [0, 0.05) is 26.1 Å². The summed E-state index contributed by atoms with van der Waals surface area (Å²) in [5.41, 5.74) is 0. The van der Waals surface area contributed by atoms with E-state index in [0.717, 1.165) is 45.2 Å². The van der Waals surface area contributed by atoms with Crippen LogP contribution < -0.4 is 16.0 Å². The zero-order chi connectivity index (χ0) is 21.9. The van der Waals surface area contributed by atoms with Crippen LogP contribution >= 0.6 is 0 Å². The Morgan fingerprint density at radius 1 is 1.17 bits per heavy atom. The lowest BCUT2D eigenvalue weighted by Gasteiger charge is -2.33. The minimum Gasteiger partial charge on any atom is -0.481 e. The lowest BCUT2D eigenvalue weighted by molar-refractivity contribution is -0.141. The number of carboxylic acid groups (broad SMARTS) is 1. The van der Waals surface area contributed by atoms with Crippen LogP contribution in [0, 0.1) is 11.8 Å². The van der Waals surface area contributed by atoms with E-state index in [0.29, 0.717) is 38.4 Å². The summed E-state index contributed by atoms with van der Waals surface area (Å²) in [5, 5.41) is 17.6. The number of aliphatic carboxylic acids is 1. The molecule has 2 atom stereocenters. The molecule has 0 radical (unpaired) electrons. The van der Waals surface area contributed by atoms with Crippen molar-refractivity contribution in [2.45, 2.75) is 64.3 Å². The summed E-state index contributed by atoms with van der Waals surface area (Å²) in [4.78, 5) is 50.4. The Morgan fingerprint density at radius 2 is 1.90 bits per heavy atom. The molecule has 0 aromatic heterocycles. The molecule has 2 rings (SSSR count). The smallest absolute Gasteiger partial charge is 0.305 e. The highest BCUT2D eigenvalue weighted by atomic mass is 16.4. The molecule has 4 N–H and O–H groups in total. The minimum absolute atomic E-state index is 0.0776. The van der Waals surface area contributed by atoms with Crippen LogP contribution in [0.4, 0.5) is 0 Å². The molecular formula is C21H36N4O5. The number of amides is 3. The SMILES string of the molecule is CCCNC(=O)[C@H](CC(=O)O)NC(=O)[C@@H]1CCCN(C(=O)CCC2CCNCC2)C1. The van der Waals surface area contributed by atoms with Gasteiger partial charge in [-0.1, -0.05) is 6.92 Å². The summed E-state index contributed by atoms with van der Waals surface area (Å²) in [6.07, 6.45) is 5.19. The van der Waals surface area contributed by atoms with Gasteiger partial charge in [0.05, 0.1) is 12.3 Å². The van der Waals surface area contributed by atoms with E-state index in [1.165, 1.54) is 0 Å². The maximum absolute atomic E-state index is 12.7. The second-order valence-corrected chi connectivity index (χ2v) is 8.36. The van der Waals surface area contributed by atoms with Gasteiger partial charge in [-0.05, 0) is 57.5 Å². The van der Waals surface area contributed by atoms with Crippen LogP contribution in [0.2, 0.25) is 0 Å². The second-order valence-electron chi connectivity index (χ2n) is 8.36. The Kier molecular flexibility index (Phi) is 10.1. The lowest BCUT2D eigenvalue weighted by atomic mass is 9.92. The molecule has 9 heteroatoms. The van der Waals surface area contributed by atoms with E-state index in [1.54, 1.807) is 4.90 Å². The van der Waals surface area contributed by atoms with Gasteiger partial charge in [-0.15, -0.1) is 0 Å². The standard InChI is InChI=1S/C21H36N4O5/c1-2-9-23-21(30)17(13-19(27)28)24-20(29)16-4-3-12-25(14-16)18(26)6-5-15-7-10-22-11-8-15/h15-17,22H,2-14H2,1H3,(H,23,30)(H,24,29)(H,27,28)/t16-,17+/m1/s1. The van der Waals surface area contributed by atoms with Gasteiger partial charge < -0.3 is 26.0 Å². The van der Waals surface area contributed by atoms with Crippen molar-refractivity contribution >= 4 is 23.7 Å². The number of rotatable bonds is 10. The largest absolute Gasteiger partial charge is 0.481 e. The molecule has 3 amide bonds. The first kappa shape index (κ1) is 24.1. The van der Waals surface area contributed by atoms with Gasteiger partial charge in [0.2, 0.25) is 17.7 Å². The number of piperidine rings is 2. The predicted octanol–water partition coefficient (Wildman–Crippen LogP) is 0.491. The highest BCUT2D eigenvalue weighted by molar-refractivity contribution is 5.91. The number of carboxylic acids is 1. The maximum atomic E-state index is 12.7. The molecule has 2 saturated heterocycles. The third-order valence-electron chi connectivity index (χ3n) is 5.93. The van der Waals surface area contributed by atoms with Gasteiger partial charge >= 0.3 is 5.97 Å². The maximum Gasteiger partial charge on any atom is 0.305 e. The summed E-state index contributed by atoms with van der Waals surface area (Å²) in [7, 11) is 0. The van der Waals surface area contributed by atoms with Crippen molar-refractivity contribution in [1.29, 1.82) is 0 Å². The third kappa shape index (κ3) is 7.93. The topological polar surface area (TPSA) is 128 Å². The summed E-state index contributed by atoms with van der Waals surface area (Å²) >= 11 is 0. The lowest BCUT2D eigenvalue weighted by Crippen LogP contribution is -2.52. The highest BCUT2D eigenvalue weighted by Gasteiger charge is 2.32. The van der Waals surface area contributed by atoms with E-state index >= 15 is 0 Å². The van der Waals surface area contributed by atoms with Crippen LogP contribution in [0.25, 0.3) is 0 Å². The van der Waals surface area contributed by atoms with Crippen LogP contribution in [0.15, 0.2) is 0 Å². The van der Waals surface area contributed by atoms with Crippen LogP contribution in [0.5, 0.6) is 0 Å². The van der Waals surface area contributed by atoms with Gasteiger partial charge in [-0.2, -0.15) is 0 Å². The molecule has 30 heavy (non-hydrogen) atoms. The molecule has 170 valence electrons. The third-order valence-corrected chi connectivity index (χ3v) is 5.93. The van der Waals surface area contributed by atoms with Crippen molar-refractivity contribution in [3.63, 3.8) is 0 Å². The number of hydrogen-bond acceptors (Lipinski definition) is 5. The van der Waals surface area contributed by atoms with Crippen LogP contribution in [0.3, 0.4) is 0 Å². The fourth-order valence-corrected chi connectivity index (χ4v) is 4.12. The van der Waals surface area contributed by atoms with Gasteiger partial charge in [-0.25, -0.2) is 0 Å². The number of carbonyl (C=O) groups is 4. The van der Waals surface area contributed by atoms with E-state index in [2.05, 4.69) is 16.0 Å². The van der Waals surface area contributed by atoms with Gasteiger partial charge in [0.1, 0.15) is 6.04 Å². The molecule has 0 saturated carbocycles. The Balaban J connectivity index is 1.85. The van der Waals surface area contributed by atoms with E-state index in [-0.39, 0.29) is 11.8 Å². The summed E-state index contributed by atoms with van der Waals surface area (Å²) in [5.74, 6) is -1.75. The molecular weight excluding hydrogens is 388 g/mol. The number of nitrogens with zero attached hydrogens (tertiary/aromatic N) is 1. The molecule has 0 unspecified atom stereocenters. The van der Waals surface area contributed by atoms with Crippen LogP contribution in [-0.4, -0.2) is 72.5 Å². The van der Waals surface area contributed by atoms with Crippen molar-refractivity contribution in [1.82, 2.24) is 20.9 Å². The molecule has 2 heterocycles. The first-order valence-corrected chi connectivity index (χ1v) is 11.2. The van der Waals surface area contributed by atoms with E-state index < -0.39 is 30.3 Å². The molecule has 0 aromatic rings. The molecule has 9 nitrogen and oxygen atoms in total. The Hall–Kier alpha value is -2.16. The zero-order valence-electron chi connectivity index (χ0n) is 18.0. The van der Waals surface area contributed by atoms with Crippen molar-refractivity contribution in [3.8, 4) is 0 Å². The molecule has 2 aliphatic heterocycles. The zero-order valence-corrected chi connectivity index (χ0v) is 18.0. The van der Waals surface area contributed by atoms with E-state index in [1.807, 2.05) is 6.92 Å². The van der Waals surface area contributed by atoms with Crippen LogP contribution in [-0.2, 0) is 19.2 Å². The highest BCUT2D eigenvalue weighted by Crippen LogP contribution is 2.21. The predicted molar refractivity (Wildman–Crippen MR) is 112 cm³/mol. The van der Waals surface area contributed by atoms with Crippen molar-refractivity contribution in [2.24, 2.45) is 11.8 Å². The van der Waals surface area contributed by atoms with Crippen molar-refractivity contribution < 1.29 is 24.3 Å².